The minimum absolute atomic E-state index is 0.0742. The average Bonchev–Trinajstić information content (AvgIpc) is 2.90. The number of nitrogens with two attached hydrogens (primary N) is 1. The monoisotopic (exact) mass is 523 g/mol. The molecule has 2 radical (unpaired) electrons. The third kappa shape index (κ3) is 5.37. The van der Waals surface area contributed by atoms with Gasteiger partial charge in [-0.1, -0.05) is 6.07 Å². The van der Waals surface area contributed by atoms with Crippen LogP contribution in [-0.4, -0.2) is 105 Å². The number of nitriles is 1. The number of morpholine rings is 1. The molecule has 39 heavy (non-hydrogen) atoms. The Kier molecular flexibility index (Phi) is 7.02. The quantitative estimate of drug-likeness (QED) is 0.477. The fourth-order valence-corrected chi connectivity index (χ4v) is 5.88. The first-order valence-corrected chi connectivity index (χ1v) is 13.7. The van der Waals surface area contributed by atoms with Gasteiger partial charge in [-0.2, -0.15) is 10.2 Å². The maximum absolute atomic E-state index is 9.57. The van der Waals surface area contributed by atoms with Crippen molar-refractivity contribution in [3.63, 3.8) is 0 Å². The minimum atomic E-state index is 0.0742. The second kappa shape index (κ2) is 10.6. The second-order valence-corrected chi connectivity index (χ2v) is 11.0. The summed E-state index contributed by atoms with van der Waals surface area (Å²) in [6.07, 6.45) is 0.163. The largest absolute Gasteiger partial charge is 0.370 e. The van der Waals surface area contributed by atoms with Crippen LogP contribution >= 0.6 is 0 Å². The number of anilines is 3. The van der Waals surface area contributed by atoms with E-state index < -0.39 is 0 Å². The molecule has 11 heteroatoms. The fourth-order valence-electron chi connectivity index (χ4n) is 5.88. The molecule has 200 valence electrons. The predicted octanol–water partition coefficient (Wildman–Crippen LogP) is 0.562. The molecule has 0 spiro atoms. The Morgan fingerprint density at radius 3 is 2.54 bits per heavy atom. The molecule has 0 bridgehead atoms. The molecule has 3 saturated heterocycles. The number of hydrogen-bond donors (Lipinski definition) is 1. The van der Waals surface area contributed by atoms with Gasteiger partial charge < -0.3 is 25.2 Å². The van der Waals surface area contributed by atoms with Crippen LogP contribution < -0.4 is 26.0 Å². The molecule has 1 aromatic carbocycles. The second-order valence-electron chi connectivity index (χ2n) is 11.0. The summed E-state index contributed by atoms with van der Waals surface area (Å²) in [5.74, 6) is 1.78. The van der Waals surface area contributed by atoms with Gasteiger partial charge in [-0.3, -0.25) is 9.88 Å². The van der Waals surface area contributed by atoms with Crippen molar-refractivity contribution in [1.82, 2.24) is 19.9 Å². The van der Waals surface area contributed by atoms with Crippen molar-refractivity contribution in [1.29, 1.82) is 5.26 Å². The number of aromatic nitrogens is 3. The summed E-state index contributed by atoms with van der Waals surface area (Å²) >= 11 is 0. The molecule has 6 rings (SSSR count). The van der Waals surface area contributed by atoms with Gasteiger partial charge in [-0.25, -0.2) is 4.98 Å². The third-order valence-electron chi connectivity index (χ3n) is 7.82. The van der Waals surface area contributed by atoms with Crippen LogP contribution in [0.15, 0.2) is 30.3 Å². The molecule has 2 aromatic heterocycles. The summed E-state index contributed by atoms with van der Waals surface area (Å²) in [7, 11) is 5.94. The lowest BCUT2D eigenvalue weighted by molar-refractivity contribution is -0.0327. The number of fused-ring (bicyclic) bond motifs is 1. The highest BCUT2D eigenvalue weighted by Gasteiger charge is 2.30. The van der Waals surface area contributed by atoms with Crippen LogP contribution in [0.5, 0.6) is 0 Å². The van der Waals surface area contributed by atoms with E-state index in [9.17, 15) is 5.26 Å². The van der Waals surface area contributed by atoms with Gasteiger partial charge in [0.1, 0.15) is 19.7 Å². The number of ether oxygens (including phenoxy) is 1. The van der Waals surface area contributed by atoms with Crippen molar-refractivity contribution >= 4 is 41.8 Å². The smallest absolute Gasteiger partial charge is 0.227 e. The first kappa shape index (κ1) is 25.8. The highest BCUT2D eigenvalue weighted by molar-refractivity contribution is 6.31. The molecule has 0 saturated carbocycles. The zero-order valence-corrected chi connectivity index (χ0v) is 22.6. The first-order chi connectivity index (χ1) is 18.9. The summed E-state index contributed by atoms with van der Waals surface area (Å²) in [5, 5.41) is 10.5. The highest BCUT2D eigenvalue weighted by Crippen LogP contribution is 2.30. The maximum atomic E-state index is 9.57. The van der Waals surface area contributed by atoms with Crippen molar-refractivity contribution < 1.29 is 4.74 Å². The van der Waals surface area contributed by atoms with E-state index in [1.807, 2.05) is 31.2 Å². The molecule has 0 unspecified atom stereocenters. The molecule has 3 fully saturated rings. The normalized spacial score (nSPS) is 22.7. The number of benzene rings is 1. The van der Waals surface area contributed by atoms with E-state index in [0.29, 0.717) is 16.7 Å². The molecule has 10 nitrogen and oxygen atoms in total. The lowest BCUT2D eigenvalue weighted by atomic mass is 10.00. The van der Waals surface area contributed by atoms with Crippen LogP contribution in [0.4, 0.5) is 17.5 Å². The van der Waals surface area contributed by atoms with E-state index in [1.165, 1.54) is 0 Å². The fraction of sp³-hybridized carbons (Fsp3) is 0.500. The Hall–Kier alpha value is -3.46. The van der Waals surface area contributed by atoms with E-state index in [-0.39, 0.29) is 18.2 Å². The van der Waals surface area contributed by atoms with Gasteiger partial charge in [0, 0.05) is 87.8 Å². The van der Waals surface area contributed by atoms with E-state index in [4.69, 9.17) is 28.3 Å². The number of aryl methyl sites for hydroxylation is 1. The van der Waals surface area contributed by atoms with Crippen LogP contribution in [0.3, 0.4) is 0 Å². The lowest BCUT2D eigenvalue weighted by Gasteiger charge is -2.42. The number of pyridine rings is 1. The molecule has 5 heterocycles. The van der Waals surface area contributed by atoms with Crippen LogP contribution in [0.2, 0.25) is 0 Å². The van der Waals surface area contributed by atoms with Gasteiger partial charge >= 0.3 is 0 Å². The van der Waals surface area contributed by atoms with Gasteiger partial charge in [0.25, 0.3) is 0 Å². The van der Waals surface area contributed by atoms with Crippen LogP contribution in [0, 0.1) is 18.3 Å². The van der Waals surface area contributed by atoms with Crippen LogP contribution in [-0.2, 0) is 4.74 Å². The van der Waals surface area contributed by atoms with Gasteiger partial charge in [0.2, 0.25) is 5.95 Å². The molecule has 3 aromatic rings. The van der Waals surface area contributed by atoms with Gasteiger partial charge in [-0.05, 0) is 37.6 Å². The summed E-state index contributed by atoms with van der Waals surface area (Å²) < 4.78 is 6.39. The third-order valence-corrected chi connectivity index (χ3v) is 7.82. The number of nitrogens with zero attached hydrogens (tertiary/aromatic N) is 8. The van der Waals surface area contributed by atoms with Crippen molar-refractivity contribution in [2.45, 2.75) is 32.1 Å². The maximum Gasteiger partial charge on any atom is 0.227 e. The van der Waals surface area contributed by atoms with Crippen molar-refractivity contribution in [2.24, 2.45) is 5.73 Å². The van der Waals surface area contributed by atoms with Crippen molar-refractivity contribution in [3.05, 3.63) is 41.6 Å². The minimum Gasteiger partial charge on any atom is -0.370 e. The molecular formula is C28H34BN9O. The Morgan fingerprint density at radius 2 is 1.79 bits per heavy atom. The Balaban J connectivity index is 1.11. The number of rotatable bonds is 5. The van der Waals surface area contributed by atoms with Gasteiger partial charge in [-0.15, -0.1) is 0 Å². The number of piperazine rings is 1. The van der Waals surface area contributed by atoms with Crippen LogP contribution in [0.1, 0.15) is 18.2 Å². The Labute approximate surface area is 230 Å². The summed E-state index contributed by atoms with van der Waals surface area (Å²) in [6.45, 7) is 11.9. The molecule has 2 atom stereocenters. The summed E-state index contributed by atoms with van der Waals surface area (Å²) in [5.41, 5.74) is 9.63. The van der Waals surface area contributed by atoms with E-state index in [2.05, 4.69) is 37.6 Å². The summed E-state index contributed by atoms with van der Waals surface area (Å²) in [4.78, 5) is 23.4. The highest BCUT2D eigenvalue weighted by atomic mass is 16.5. The molecule has 2 N–H and O–H groups in total. The van der Waals surface area contributed by atoms with Crippen LogP contribution in [0.25, 0.3) is 10.9 Å². The Morgan fingerprint density at radius 1 is 1.00 bits per heavy atom. The standard InChI is InChI=1S/C28H34BN9O/c1-18-11-26(38-14-21(31)15-38)34-28(32-18)36-9-7-35(8-10-36)16-22-17-37(13-19(2)39-22)24-5-3-20(12-30)27-23(24)4-6-25(29)33-27/h3-6,11,19,21-22H,7-10,13-17,31H2,1-2H3/t19-,22+/m1/s1. The van der Waals surface area contributed by atoms with Gasteiger partial charge in [0.15, 0.2) is 0 Å². The molecule has 0 aliphatic carbocycles. The van der Waals surface area contributed by atoms with E-state index in [1.54, 1.807) is 6.07 Å². The van der Waals surface area contributed by atoms with Crippen molar-refractivity contribution in [2.75, 3.05) is 73.6 Å². The first-order valence-electron chi connectivity index (χ1n) is 13.7. The van der Waals surface area contributed by atoms with E-state index in [0.717, 1.165) is 87.4 Å². The van der Waals surface area contributed by atoms with Crippen molar-refractivity contribution in [3.8, 4) is 6.07 Å². The zero-order chi connectivity index (χ0) is 27.1. The Bertz CT molecular complexity index is 1400. The molecule has 0 amide bonds. The SMILES string of the molecule is [B]c1ccc2c(N3C[C@H](CN4CCN(c5nc(C)cc(N6CC(N)C6)n5)CC4)O[C@H](C)C3)ccc(C#N)c2n1. The summed E-state index contributed by atoms with van der Waals surface area (Å²) in [6, 6.07) is 12.2. The average molecular weight is 523 g/mol. The topological polar surface area (TPSA) is 111 Å². The lowest BCUT2D eigenvalue weighted by Crippen LogP contribution is -2.56. The molecular weight excluding hydrogens is 489 g/mol. The van der Waals surface area contributed by atoms with E-state index >= 15 is 0 Å². The zero-order valence-electron chi connectivity index (χ0n) is 22.6. The van der Waals surface area contributed by atoms with Gasteiger partial charge in [0.05, 0.1) is 23.3 Å². The molecule has 3 aliphatic rings. The predicted molar refractivity (Wildman–Crippen MR) is 154 cm³/mol. The number of hydrogen-bond acceptors (Lipinski definition) is 10. The molecule has 3 aliphatic heterocycles.